The Kier molecular flexibility index (Phi) is 4.47. The number of anilines is 1. The lowest BCUT2D eigenvalue weighted by molar-refractivity contribution is 0.0993. The number of hydrogen-bond donors (Lipinski definition) is 1. The molecule has 4 aromatic rings. The minimum atomic E-state index is -0.613. The van der Waals surface area contributed by atoms with Crippen LogP contribution in [0, 0.1) is 13.8 Å². The number of carbonyl (C=O) groups excluding carboxylic acids is 1. The minimum Gasteiger partial charge on any atom is -0.507 e. The fraction of sp³-hybridized carbons (Fsp3) is 0.130. The first-order valence-corrected chi connectivity index (χ1v) is 9.07. The minimum absolute atomic E-state index is 0.106. The largest absolute Gasteiger partial charge is 0.507 e. The quantitative estimate of drug-likeness (QED) is 0.551. The van der Waals surface area contributed by atoms with Crippen LogP contribution in [0.3, 0.4) is 0 Å². The molecule has 2 aromatic heterocycles. The smallest absolute Gasteiger partial charge is 0.343 e. The molecule has 1 amide bonds. The molecule has 6 nitrogen and oxygen atoms in total. The zero-order valence-corrected chi connectivity index (χ0v) is 16.2. The molecular formula is C23H19NO5. The Hall–Kier alpha value is -3.80. The van der Waals surface area contributed by atoms with Crippen LogP contribution in [0.4, 0.5) is 5.69 Å². The van der Waals surface area contributed by atoms with Gasteiger partial charge >= 0.3 is 5.63 Å². The van der Waals surface area contributed by atoms with Crippen LogP contribution < -0.4 is 10.5 Å². The van der Waals surface area contributed by atoms with Gasteiger partial charge in [-0.3, -0.25) is 4.79 Å². The highest BCUT2D eigenvalue weighted by Crippen LogP contribution is 2.34. The third-order valence-electron chi connectivity index (χ3n) is 4.99. The fourth-order valence-electron chi connectivity index (χ4n) is 3.21. The molecule has 2 heterocycles. The Morgan fingerprint density at radius 3 is 2.41 bits per heavy atom. The van der Waals surface area contributed by atoms with Crippen molar-refractivity contribution in [2.45, 2.75) is 13.8 Å². The molecule has 0 spiro atoms. The first-order chi connectivity index (χ1) is 13.9. The van der Waals surface area contributed by atoms with Crippen molar-refractivity contribution in [2.75, 3.05) is 11.9 Å². The molecule has 0 saturated heterocycles. The van der Waals surface area contributed by atoms with Crippen LogP contribution in [0.25, 0.3) is 22.5 Å². The standard InChI is InChI=1S/C23H19NO5/c1-13-20(25)14(2)23(27)29-21(13)19-12-16-11-17(9-10-18(16)28-19)24(3)22(26)15-7-5-4-6-8-15/h4-12,25H,1-3H3. The van der Waals surface area contributed by atoms with Gasteiger partial charge in [0.25, 0.3) is 5.91 Å². The molecule has 0 aliphatic heterocycles. The van der Waals surface area contributed by atoms with Crippen molar-refractivity contribution >= 4 is 22.6 Å². The highest BCUT2D eigenvalue weighted by molar-refractivity contribution is 6.06. The molecule has 4 rings (SSSR count). The topological polar surface area (TPSA) is 83.9 Å². The summed E-state index contributed by atoms with van der Waals surface area (Å²) in [7, 11) is 1.71. The number of rotatable bonds is 3. The third-order valence-corrected chi connectivity index (χ3v) is 4.99. The van der Waals surface area contributed by atoms with Crippen LogP contribution in [0.15, 0.2) is 68.2 Å². The van der Waals surface area contributed by atoms with Gasteiger partial charge in [0, 0.05) is 29.2 Å². The van der Waals surface area contributed by atoms with E-state index in [1.165, 1.54) is 6.92 Å². The van der Waals surface area contributed by atoms with E-state index in [9.17, 15) is 14.7 Å². The van der Waals surface area contributed by atoms with E-state index in [-0.39, 0.29) is 23.0 Å². The first kappa shape index (κ1) is 18.6. The Bertz CT molecular complexity index is 1280. The SMILES string of the molecule is Cc1c(-c2cc3cc(N(C)C(=O)c4ccccc4)ccc3o2)oc(=O)c(C)c1O. The van der Waals surface area contributed by atoms with Crippen LogP contribution in [0.5, 0.6) is 5.75 Å². The van der Waals surface area contributed by atoms with Crippen molar-refractivity contribution in [1.29, 1.82) is 0 Å². The van der Waals surface area contributed by atoms with Crippen molar-refractivity contribution < 1.29 is 18.7 Å². The van der Waals surface area contributed by atoms with Crippen molar-refractivity contribution in [3.63, 3.8) is 0 Å². The number of benzene rings is 2. The zero-order valence-electron chi connectivity index (χ0n) is 16.2. The second-order valence-electron chi connectivity index (χ2n) is 6.88. The maximum atomic E-state index is 12.7. The molecular weight excluding hydrogens is 370 g/mol. The highest BCUT2D eigenvalue weighted by atomic mass is 16.4. The van der Waals surface area contributed by atoms with Crippen molar-refractivity contribution in [1.82, 2.24) is 0 Å². The Balaban J connectivity index is 1.74. The van der Waals surface area contributed by atoms with Crippen molar-refractivity contribution in [2.24, 2.45) is 0 Å². The second kappa shape index (κ2) is 6.98. The number of furan rings is 1. The van der Waals surface area contributed by atoms with Gasteiger partial charge in [-0.1, -0.05) is 18.2 Å². The van der Waals surface area contributed by atoms with E-state index < -0.39 is 5.63 Å². The summed E-state index contributed by atoms with van der Waals surface area (Å²) in [6, 6.07) is 16.1. The molecule has 0 aliphatic carbocycles. The molecule has 0 aliphatic rings. The average Bonchev–Trinajstić information content (AvgIpc) is 3.17. The Morgan fingerprint density at radius 2 is 1.69 bits per heavy atom. The zero-order chi connectivity index (χ0) is 20.7. The molecule has 0 atom stereocenters. The summed E-state index contributed by atoms with van der Waals surface area (Å²) < 4.78 is 11.2. The van der Waals surface area contributed by atoms with E-state index in [4.69, 9.17) is 8.83 Å². The Labute approximate surface area is 166 Å². The van der Waals surface area contributed by atoms with Gasteiger partial charge in [-0.25, -0.2) is 4.79 Å². The van der Waals surface area contributed by atoms with Gasteiger partial charge in [0.1, 0.15) is 11.3 Å². The number of aromatic hydroxyl groups is 1. The summed E-state index contributed by atoms with van der Waals surface area (Å²) in [5.41, 5.74) is 1.84. The van der Waals surface area contributed by atoms with Crippen LogP contribution in [0.1, 0.15) is 21.5 Å². The number of carbonyl (C=O) groups is 1. The number of nitrogens with zero attached hydrogens (tertiary/aromatic N) is 1. The van der Waals surface area contributed by atoms with E-state index >= 15 is 0 Å². The third kappa shape index (κ3) is 3.18. The number of fused-ring (bicyclic) bond motifs is 1. The average molecular weight is 389 g/mol. The van der Waals surface area contributed by atoms with E-state index in [0.29, 0.717) is 28.2 Å². The van der Waals surface area contributed by atoms with Gasteiger partial charge in [-0.05, 0) is 50.2 Å². The first-order valence-electron chi connectivity index (χ1n) is 9.07. The van der Waals surface area contributed by atoms with Crippen molar-refractivity contribution in [3.8, 4) is 17.3 Å². The second-order valence-corrected chi connectivity index (χ2v) is 6.88. The maximum Gasteiger partial charge on any atom is 0.343 e. The monoisotopic (exact) mass is 389 g/mol. The summed E-state index contributed by atoms with van der Waals surface area (Å²) >= 11 is 0. The summed E-state index contributed by atoms with van der Waals surface area (Å²) in [6.07, 6.45) is 0. The summed E-state index contributed by atoms with van der Waals surface area (Å²) in [5.74, 6) is 0.285. The van der Waals surface area contributed by atoms with E-state index in [1.807, 2.05) is 24.3 Å². The van der Waals surface area contributed by atoms with Gasteiger partial charge in [0.05, 0.1) is 5.56 Å². The maximum absolute atomic E-state index is 12.7. The normalized spacial score (nSPS) is 11.0. The van der Waals surface area contributed by atoms with Gasteiger partial charge in [-0.2, -0.15) is 0 Å². The van der Waals surface area contributed by atoms with E-state index in [1.54, 1.807) is 49.2 Å². The van der Waals surface area contributed by atoms with Gasteiger partial charge in [0.2, 0.25) is 0 Å². The molecule has 29 heavy (non-hydrogen) atoms. The summed E-state index contributed by atoms with van der Waals surface area (Å²) in [4.78, 5) is 26.2. The summed E-state index contributed by atoms with van der Waals surface area (Å²) in [5, 5.41) is 10.9. The molecule has 6 heteroatoms. The van der Waals surface area contributed by atoms with E-state index in [0.717, 1.165) is 5.39 Å². The molecule has 0 saturated carbocycles. The van der Waals surface area contributed by atoms with E-state index in [2.05, 4.69) is 0 Å². The van der Waals surface area contributed by atoms with Crippen molar-refractivity contribution in [3.05, 3.63) is 81.7 Å². The molecule has 1 N–H and O–H groups in total. The molecule has 0 fully saturated rings. The molecule has 0 radical (unpaired) electrons. The summed E-state index contributed by atoms with van der Waals surface area (Å²) in [6.45, 7) is 3.16. The van der Waals surface area contributed by atoms with Gasteiger partial charge in [0.15, 0.2) is 11.5 Å². The van der Waals surface area contributed by atoms with Crippen LogP contribution in [-0.2, 0) is 0 Å². The molecule has 146 valence electrons. The highest BCUT2D eigenvalue weighted by Gasteiger charge is 2.19. The lowest BCUT2D eigenvalue weighted by atomic mass is 10.1. The van der Waals surface area contributed by atoms with Gasteiger partial charge < -0.3 is 18.8 Å². The lowest BCUT2D eigenvalue weighted by Gasteiger charge is -2.17. The van der Waals surface area contributed by atoms with Crippen LogP contribution in [0.2, 0.25) is 0 Å². The Morgan fingerprint density at radius 1 is 0.966 bits per heavy atom. The predicted molar refractivity (Wildman–Crippen MR) is 111 cm³/mol. The predicted octanol–water partition coefficient (Wildman–Crippen LogP) is 4.65. The molecule has 0 bridgehead atoms. The lowest BCUT2D eigenvalue weighted by Crippen LogP contribution is -2.25. The number of hydrogen-bond acceptors (Lipinski definition) is 5. The van der Waals surface area contributed by atoms with Crippen LogP contribution >= 0.6 is 0 Å². The fourth-order valence-corrected chi connectivity index (χ4v) is 3.21. The number of amides is 1. The van der Waals surface area contributed by atoms with Gasteiger partial charge in [-0.15, -0.1) is 0 Å². The van der Waals surface area contributed by atoms with Crippen LogP contribution in [-0.4, -0.2) is 18.1 Å². The molecule has 0 unspecified atom stereocenters. The molecule has 2 aromatic carbocycles.